The first kappa shape index (κ1) is 31.4. The standard InChI is InChI=1S/C34H39FN4O5S/c1-22-4-2-3-5-26(22)32(42)39-14-15-44-34(21-39)9-12-38(13-10-34)20-24-16-23(17-25(35)18-24)8-11-36-19-29(41)27-6-7-28(40)30-31(27)45-33(43)37-30/h2-7,16-18,29,36,40-41H,8-15,19-21H2,1H3,(H,37,43)/t29-/m0/s1. The van der Waals surface area contributed by atoms with Gasteiger partial charge in [0.1, 0.15) is 17.1 Å². The lowest BCUT2D eigenvalue weighted by Crippen LogP contribution is -2.58. The van der Waals surface area contributed by atoms with E-state index in [9.17, 15) is 24.2 Å². The SMILES string of the molecule is Cc1ccccc1C(=O)N1CCOC2(CCN(Cc3cc(F)cc(CCNC[C@H](O)c4ccc(O)c5[nH]c(=O)sc45)c3)CC2)C1. The van der Waals surface area contributed by atoms with Gasteiger partial charge in [0.15, 0.2) is 0 Å². The maximum absolute atomic E-state index is 14.6. The maximum atomic E-state index is 14.6. The minimum absolute atomic E-state index is 0.0300. The molecule has 4 N–H and O–H groups in total. The predicted octanol–water partition coefficient (Wildman–Crippen LogP) is 4.12. The molecule has 0 aliphatic carbocycles. The van der Waals surface area contributed by atoms with Gasteiger partial charge in [-0.3, -0.25) is 14.5 Å². The number of aromatic nitrogens is 1. The molecule has 2 saturated heterocycles. The highest BCUT2D eigenvalue weighted by Gasteiger charge is 2.41. The summed E-state index contributed by atoms with van der Waals surface area (Å²) in [4.78, 5) is 31.6. The normalized spacial score (nSPS) is 17.6. The Morgan fingerprint density at radius 1 is 1.13 bits per heavy atom. The van der Waals surface area contributed by atoms with E-state index in [1.807, 2.05) is 42.2 Å². The van der Waals surface area contributed by atoms with Gasteiger partial charge >= 0.3 is 4.87 Å². The van der Waals surface area contributed by atoms with Crippen LogP contribution in [-0.4, -0.2) is 82.4 Å². The number of aryl methyl sites for hydroxylation is 1. The lowest BCUT2D eigenvalue weighted by Gasteiger charge is -2.47. The van der Waals surface area contributed by atoms with Gasteiger partial charge in [-0.05, 0) is 73.7 Å². The van der Waals surface area contributed by atoms with Crippen molar-refractivity contribution in [2.24, 2.45) is 0 Å². The third-order valence-corrected chi connectivity index (χ3v) is 9.91. The molecule has 1 spiro atoms. The molecule has 2 aliphatic heterocycles. The third kappa shape index (κ3) is 7.13. The number of benzene rings is 3. The zero-order valence-corrected chi connectivity index (χ0v) is 26.2. The molecule has 6 rings (SSSR count). The molecule has 1 aromatic heterocycles. The van der Waals surface area contributed by atoms with Crippen molar-refractivity contribution in [1.29, 1.82) is 0 Å². The Bertz CT molecular complexity index is 1730. The summed E-state index contributed by atoms with van der Waals surface area (Å²) in [5.74, 6) is -0.241. The van der Waals surface area contributed by atoms with E-state index in [-0.39, 0.29) is 34.5 Å². The largest absolute Gasteiger partial charge is 0.506 e. The molecule has 1 amide bonds. The van der Waals surface area contributed by atoms with E-state index in [2.05, 4.69) is 15.2 Å². The summed E-state index contributed by atoms with van der Waals surface area (Å²) >= 11 is 0.955. The number of phenols is 1. The van der Waals surface area contributed by atoms with E-state index < -0.39 is 6.10 Å². The number of rotatable bonds is 9. The smallest absolute Gasteiger partial charge is 0.305 e. The molecule has 4 aromatic rings. The zero-order chi connectivity index (χ0) is 31.6. The summed E-state index contributed by atoms with van der Waals surface area (Å²) in [5, 5.41) is 24.0. The summed E-state index contributed by atoms with van der Waals surface area (Å²) < 4.78 is 21.4. The van der Waals surface area contributed by atoms with Crippen molar-refractivity contribution in [2.75, 3.05) is 45.9 Å². The molecule has 1 atom stereocenters. The Labute approximate surface area is 265 Å². The van der Waals surface area contributed by atoms with Crippen molar-refractivity contribution in [3.8, 4) is 5.75 Å². The van der Waals surface area contributed by atoms with Crippen LogP contribution in [0.25, 0.3) is 10.2 Å². The predicted molar refractivity (Wildman–Crippen MR) is 172 cm³/mol. The van der Waals surface area contributed by atoms with E-state index in [1.54, 1.807) is 18.2 Å². The van der Waals surface area contributed by atoms with Gasteiger partial charge in [0, 0.05) is 43.9 Å². The van der Waals surface area contributed by atoms with E-state index in [0.29, 0.717) is 55.0 Å². The molecule has 0 unspecified atom stereocenters. The van der Waals surface area contributed by atoms with Crippen molar-refractivity contribution in [3.63, 3.8) is 0 Å². The number of hydrogen-bond donors (Lipinski definition) is 4. The number of phenolic OH excluding ortho intramolecular Hbond substituents is 1. The molecule has 9 nitrogen and oxygen atoms in total. The topological polar surface area (TPSA) is 118 Å². The number of carbonyl (C=O) groups is 1. The van der Waals surface area contributed by atoms with Gasteiger partial charge < -0.3 is 30.2 Å². The second-order valence-corrected chi connectivity index (χ2v) is 13.2. The molecule has 45 heavy (non-hydrogen) atoms. The number of amides is 1. The van der Waals surface area contributed by atoms with Gasteiger partial charge in [-0.25, -0.2) is 4.39 Å². The van der Waals surface area contributed by atoms with Crippen LogP contribution < -0.4 is 10.2 Å². The molecule has 0 saturated carbocycles. The number of nitrogens with zero attached hydrogens (tertiary/aromatic N) is 2. The number of nitrogens with one attached hydrogen (secondary N) is 2. The highest BCUT2D eigenvalue weighted by molar-refractivity contribution is 7.16. The van der Waals surface area contributed by atoms with Crippen LogP contribution in [0.15, 0.2) is 59.4 Å². The molecule has 238 valence electrons. The van der Waals surface area contributed by atoms with Crippen molar-refractivity contribution >= 4 is 27.5 Å². The van der Waals surface area contributed by atoms with Crippen LogP contribution in [0.3, 0.4) is 0 Å². The summed E-state index contributed by atoms with van der Waals surface area (Å²) in [5.41, 5.74) is 4.07. The lowest BCUT2D eigenvalue weighted by atomic mass is 9.88. The summed E-state index contributed by atoms with van der Waals surface area (Å²) in [7, 11) is 0. The molecular weight excluding hydrogens is 595 g/mol. The fourth-order valence-corrected chi connectivity index (χ4v) is 7.44. The van der Waals surface area contributed by atoms with Crippen molar-refractivity contribution in [3.05, 3.63) is 97.9 Å². The van der Waals surface area contributed by atoms with Crippen LogP contribution in [0.4, 0.5) is 4.39 Å². The highest BCUT2D eigenvalue weighted by Crippen LogP contribution is 2.33. The minimum Gasteiger partial charge on any atom is -0.506 e. The number of hydrogen-bond acceptors (Lipinski definition) is 8. The number of aromatic hydroxyl groups is 1. The minimum atomic E-state index is -0.870. The molecule has 11 heteroatoms. The Hall–Kier alpha value is -3.61. The number of likely N-dealkylation sites (tertiary alicyclic amines) is 1. The Balaban J connectivity index is 0.997. The number of carbonyl (C=O) groups excluding carboxylic acids is 1. The van der Waals surface area contributed by atoms with Crippen LogP contribution >= 0.6 is 11.3 Å². The number of aliphatic hydroxyl groups is 1. The van der Waals surface area contributed by atoms with Crippen LogP contribution in [0, 0.1) is 12.7 Å². The number of halogens is 1. The number of aromatic amines is 1. The average molecular weight is 635 g/mol. The summed E-state index contributed by atoms with van der Waals surface area (Å²) in [6, 6.07) is 16.0. The fourth-order valence-electron chi connectivity index (χ4n) is 6.52. The van der Waals surface area contributed by atoms with Gasteiger partial charge in [-0.2, -0.15) is 0 Å². The molecule has 3 heterocycles. The summed E-state index contributed by atoms with van der Waals surface area (Å²) in [6.45, 7) is 6.70. The van der Waals surface area contributed by atoms with Crippen LogP contribution in [0.1, 0.15) is 51.6 Å². The Kier molecular flexibility index (Phi) is 9.34. The molecule has 0 radical (unpaired) electrons. The van der Waals surface area contributed by atoms with Crippen LogP contribution in [0.5, 0.6) is 5.75 Å². The summed E-state index contributed by atoms with van der Waals surface area (Å²) in [6.07, 6.45) is 1.34. The first-order valence-electron chi connectivity index (χ1n) is 15.4. The number of H-pyrrole nitrogens is 1. The van der Waals surface area contributed by atoms with Gasteiger partial charge in [0.25, 0.3) is 5.91 Å². The molecular formula is C34H39FN4O5S. The first-order valence-corrected chi connectivity index (χ1v) is 16.2. The van der Waals surface area contributed by atoms with Gasteiger partial charge in [0.05, 0.1) is 29.6 Å². The second kappa shape index (κ2) is 13.4. The third-order valence-electron chi connectivity index (χ3n) is 8.98. The monoisotopic (exact) mass is 634 g/mol. The number of morpholine rings is 1. The average Bonchev–Trinajstić information content (AvgIpc) is 3.42. The maximum Gasteiger partial charge on any atom is 0.305 e. The van der Waals surface area contributed by atoms with E-state index in [4.69, 9.17) is 4.74 Å². The van der Waals surface area contributed by atoms with E-state index in [0.717, 1.165) is 59.5 Å². The van der Waals surface area contributed by atoms with Crippen molar-refractivity contribution in [1.82, 2.24) is 20.1 Å². The van der Waals surface area contributed by atoms with Crippen LogP contribution in [-0.2, 0) is 17.7 Å². The molecule has 2 aliphatic rings. The molecule has 2 fully saturated rings. The number of piperidine rings is 1. The Morgan fingerprint density at radius 3 is 2.71 bits per heavy atom. The number of ether oxygens (including phenoxy) is 1. The van der Waals surface area contributed by atoms with E-state index in [1.165, 1.54) is 6.07 Å². The number of thiazole rings is 1. The van der Waals surface area contributed by atoms with Gasteiger partial charge in [0.2, 0.25) is 0 Å². The van der Waals surface area contributed by atoms with E-state index >= 15 is 0 Å². The molecule has 3 aromatic carbocycles. The van der Waals surface area contributed by atoms with Crippen LogP contribution in [0.2, 0.25) is 0 Å². The van der Waals surface area contributed by atoms with Gasteiger partial charge in [-0.1, -0.05) is 41.7 Å². The number of aliphatic hydroxyl groups excluding tert-OH is 1. The van der Waals surface area contributed by atoms with Gasteiger partial charge in [-0.15, -0.1) is 0 Å². The number of fused-ring (bicyclic) bond motifs is 1. The zero-order valence-electron chi connectivity index (χ0n) is 25.4. The lowest BCUT2D eigenvalue weighted by molar-refractivity contribution is -0.127. The quantitative estimate of drug-likeness (QED) is 0.205. The second-order valence-electron chi connectivity index (χ2n) is 12.2. The Morgan fingerprint density at radius 2 is 1.91 bits per heavy atom. The van der Waals surface area contributed by atoms with Crippen molar-refractivity contribution in [2.45, 2.75) is 44.4 Å². The fraction of sp³-hybridized carbons (Fsp3) is 0.412. The molecule has 0 bridgehead atoms. The van der Waals surface area contributed by atoms with Crippen molar-refractivity contribution < 1.29 is 24.1 Å². The highest BCUT2D eigenvalue weighted by atomic mass is 32.1. The first-order chi connectivity index (χ1) is 21.7.